The Bertz CT molecular complexity index is 634. The molecule has 0 unspecified atom stereocenters. The minimum Gasteiger partial charge on any atom is -0.258 e. The van der Waals surface area contributed by atoms with Crippen molar-refractivity contribution in [2.75, 3.05) is 0 Å². The number of sulfonamides is 1. The molecule has 1 aromatic carbocycles. The van der Waals surface area contributed by atoms with Crippen molar-refractivity contribution in [1.82, 2.24) is 4.72 Å². The molecule has 0 spiro atoms. The molecule has 6 nitrogen and oxygen atoms in total. The summed E-state index contributed by atoms with van der Waals surface area (Å²) in [5.41, 5.74) is -0.311. The van der Waals surface area contributed by atoms with Crippen molar-refractivity contribution in [2.24, 2.45) is 0 Å². The number of nitro benzene ring substituents is 1. The average Bonchev–Trinajstić information content (AvgIpc) is 2.81. The molecule has 0 saturated carbocycles. The number of nitrogens with one attached hydrogen (secondary N) is 1. The number of hydrogen-bond acceptors (Lipinski definition) is 4. The molecule has 1 aliphatic carbocycles. The third kappa shape index (κ3) is 3.12. The van der Waals surface area contributed by atoms with Crippen molar-refractivity contribution >= 4 is 27.3 Å². The number of hydrogen-bond donors (Lipinski definition) is 1. The first kappa shape index (κ1) is 14.0. The minimum atomic E-state index is -3.86. The van der Waals surface area contributed by atoms with Crippen LogP contribution in [0.5, 0.6) is 0 Å². The molecule has 0 atom stereocenters. The summed E-state index contributed by atoms with van der Waals surface area (Å²) in [6.45, 7) is 0. The fraction of sp³-hybridized carbons (Fsp3) is 0.273. The van der Waals surface area contributed by atoms with E-state index in [0.29, 0.717) is 12.8 Å². The SMILES string of the molecule is O=[N+]([O-])c1ccc(Cl)c(S(=O)(=O)NC2CC=CC2)c1. The first-order valence-corrected chi connectivity index (χ1v) is 7.37. The quantitative estimate of drug-likeness (QED) is 0.525. The molecule has 0 amide bonds. The largest absolute Gasteiger partial charge is 0.270 e. The van der Waals surface area contributed by atoms with E-state index in [9.17, 15) is 18.5 Å². The molecule has 19 heavy (non-hydrogen) atoms. The minimum absolute atomic E-state index is 0.0379. The summed E-state index contributed by atoms with van der Waals surface area (Å²) in [7, 11) is -3.86. The Hall–Kier alpha value is -1.44. The fourth-order valence-electron chi connectivity index (χ4n) is 1.81. The maximum absolute atomic E-state index is 12.1. The van der Waals surface area contributed by atoms with E-state index >= 15 is 0 Å². The molecule has 1 aromatic rings. The van der Waals surface area contributed by atoms with Crippen LogP contribution >= 0.6 is 11.6 Å². The highest BCUT2D eigenvalue weighted by atomic mass is 35.5. The third-order valence-electron chi connectivity index (χ3n) is 2.74. The average molecular weight is 303 g/mol. The molecule has 0 fully saturated rings. The topological polar surface area (TPSA) is 89.3 Å². The second kappa shape index (κ2) is 5.28. The van der Waals surface area contributed by atoms with Crippen LogP contribution in [0.1, 0.15) is 12.8 Å². The van der Waals surface area contributed by atoms with Crippen molar-refractivity contribution in [1.29, 1.82) is 0 Å². The van der Waals surface area contributed by atoms with Gasteiger partial charge in [-0.2, -0.15) is 0 Å². The van der Waals surface area contributed by atoms with Crippen molar-refractivity contribution < 1.29 is 13.3 Å². The highest BCUT2D eigenvalue weighted by Gasteiger charge is 2.25. The Morgan fingerprint density at radius 3 is 2.53 bits per heavy atom. The van der Waals surface area contributed by atoms with Crippen molar-refractivity contribution in [3.8, 4) is 0 Å². The summed E-state index contributed by atoms with van der Waals surface area (Å²) in [4.78, 5) is 9.74. The molecule has 0 heterocycles. The zero-order valence-corrected chi connectivity index (χ0v) is 11.3. The summed E-state index contributed by atoms with van der Waals surface area (Å²) in [6.07, 6.45) is 4.96. The molecular formula is C11H11ClN2O4S. The Labute approximate surface area is 115 Å². The van der Waals surface area contributed by atoms with Crippen LogP contribution in [0, 0.1) is 10.1 Å². The lowest BCUT2D eigenvalue weighted by Gasteiger charge is -2.13. The van der Waals surface area contributed by atoms with Crippen LogP contribution in [0.3, 0.4) is 0 Å². The van der Waals surface area contributed by atoms with Crippen LogP contribution in [0.25, 0.3) is 0 Å². The van der Waals surface area contributed by atoms with E-state index in [4.69, 9.17) is 11.6 Å². The van der Waals surface area contributed by atoms with Gasteiger partial charge in [0.25, 0.3) is 5.69 Å². The van der Waals surface area contributed by atoms with Gasteiger partial charge in [-0.3, -0.25) is 10.1 Å². The molecule has 8 heteroatoms. The highest BCUT2D eigenvalue weighted by Crippen LogP contribution is 2.26. The molecule has 102 valence electrons. The molecule has 0 radical (unpaired) electrons. The summed E-state index contributed by atoms with van der Waals surface area (Å²) >= 11 is 5.81. The van der Waals surface area contributed by atoms with Crippen molar-refractivity contribution in [2.45, 2.75) is 23.8 Å². The molecule has 1 N–H and O–H groups in total. The second-order valence-corrected chi connectivity index (χ2v) is 6.22. The number of nitrogens with zero attached hydrogens (tertiary/aromatic N) is 1. The second-order valence-electron chi connectivity index (χ2n) is 4.13. The Balaban J connectivity index is 2.33. The van der Waals surface area contributed by atoms with Gasteiger partial charge in [-0.1, -0.05) is 23.8 Å². The predicted octanol–water partition coefficient (Wildman–Crippen LogP) is 2.25. The van der Waals surface area contributed by atoms with Crippen molar-refractivity contribution in [3.05, 3.63) is 45.5 Å². The van der Waals surface area contributed by atoms with Crippen LogP contribution in [-0.4, -0.2) is 19.4 Å². The third-order valence-corrected chi connectivity index (χ3v) is 4.75. The number of benzene rings is 1. The van der Waals surface area contributed by atoms with E-state index in [1.165, 1.54) is 12.1 Å². The number of non-ortho nitro benzene ring substituents is 1. The van der Waals surface area contributed by atoms with Crippen LogP contribution in [0.2, 0.25) is 5.02 Å². The van der Waals surface area contributed by atoms with Gasteiger partial charge in [-0.15, -0.1) is 0 Å². The Morgan fingerprint density at radius 1 is 1.32 bits per heavy atom. The lowest BCUT2D eigenvalue weighted by Crippen LogP contribution is -2.33. The van der Waals surface area contributed by atoms with Crippen molar-refractivity contribution in [3.63, 3.8) is 0 Å². The van der Waals surface area contributed by atoms with E-state index in [1.54, 1.807) is 0 Å². The van der Waals surface area contributed by atoms with E-state index in [2.05, 4.69) is 4.72 Å². The Kier molecular flexibility index (Phi) is 3.88. The fourth-order valence-corrected chi connectivity index (χ4v) is 3.59. The first-order chi connectivity index (χ1) is 8.90. The lowest BCUT2D eigenvalue weighted by atomic mass is 10.3. The normalized spacial score (nSPS) is 15.8. The lowest BCUT2D eigenvalue weighted by molar-refractivity contribution is -0.385. The molecule has 2 rings (SSSR count). The maximum Gasteiger partial charge on any atom is 0.270 e. The molecule has 0 aliphatic heterocycles. The Morgan fingerprint density at radius 2 is 1.95 bits per heavy atom. The maximum atomic E-state index is 12.1. The number of rotatable bonds is 4. The van der Waals surface area contributed by atoms with Gasteiger partial charge in [0, 0.05) is 18.2 Å². The van der Waals surface area contributed by atoms with Gasteiger partial charge in [-0.25, -0.2) is 13.1 Å². The first-order valence-electron chi connectivity index (χ1n) is 5.51. The van der Waals surface area contributed by atoms with Crippen LogP contribution in [0.4, 0.5) is 5.69 Å². The monoisotopic (exact) mass is 302 g/mol. The summed E-state index contributed by atoms with van der Waals surface area (Å²) < 4.78 is 26.8. The van der Waals surface area contributed by atoms with Gasteiger partial charge in [0.15, 0.2) is 0 Å². The van der Waals surface area contributed by atoms with Gasteiger partial charge in [0.1, 0.15) is 4.90 Å². The van der Waals surface area contributed by atoms with Crippen LogP contribution in [0.15, 0.2) is 35.2 Å². The number of halogens is 1. The van der Waals surface area contributed by atoms with E-state index in [0.717, 1.165) is 6.07 Å². The van der Waals surface area contributed by atoms with Crippen LogP contribution in [-0.2, 0) is 10.0 Å². The van der Waals surface area contributed by atoms with Gasteiger partial charge in [0.2, 0.25) is 10.0 Å². The molecule has 1 aliphatic rings. The van der Waals surface area contributed by atoms with Gasteiger partial charge >= 0.3 is 0 Å². The molecule has 0 bridgehead atoms. The van der Waals surface area contributed by atoms with E-state index in [1.807, 2.05) is 12.2 Å². The standard InChI is InChI=1S/C11H11ClN2O4S/c12-10-6-5-9(14(15)16)7-11(10)19(17,18)13-8-3-1-2-4-8/h1-2,5-8,13H,3-4H2. The zero-order chi connectivity index (χ0) is 14.0. The molecular weight excluding hydrogens is 292 g/mol. The molecule has 0 saturated heterocycles. The predicted molar refractivity (Wildman–Crippen MR) is 70.6 cm³/mol. The van der Waals surface area contributed by atoms with Gasteiger partial charge < -0.3 is 0 Å². The molecule has 0 aromatic heterocycles. The summed E-state index contributed by atoms with van der Waals surface area (Å²) in [5, 5.41) is 10.6. The van der Waals surface area contributed by atoms with Crippen LogP contribution < -0.4 is 4.72 Å². The van der Waals surface area contributed by atoms with E-state index < -0.39 is 14.9 Å². The highest BCUT2D eigenvalue weighted by molar-refractivity contribution is 7.89. The van der Waals surface area contributed by atoms with Gasteiger partial charge in [-0.05, 0) is 18.9 Å². The smallest absolute Gasteiger partial charge is 0.258 e. The summed E-state index contributed by atoms with van der Waals surface area (Å²) in [6, 6.07) is 3.12. The summed E-state index contributed by atoms with van der Waals surface area (Å²) in [5.74, 6) is 0. The zero-order valence-electron chi connectivity index (χ0n) is 9.74. The number of nitro groups is 1. The van der Waals surface area contributed by atoms with Gasteiger partial charge in [0.05, 0.1) is 9.95 Å². The van der Waals surface area contributed by atoms with E-state index in [-0.39, 0.29) is 21.6 Å².